The Morgan fingerprint density at radius 1 is 1.26 bits per heavy atom. The average Bonchev–Trinajstić information content (AvgIpc) is 2.48. The molecule has 0 nitrogen and oxygen atoms in total. The Balaban J connectivity index is 2.16. The summed E-state index contributed by atoms with van der Waals surface area (Å²) in [5.41, 5.74) is 2.68. The Hall–Kier alpha value is -1.82. The Morgan fingerprint density at radius 2 is 2.00 bits per heavy atom. The van der Waals surface area contributed by atoms with Crippen LogP contribution in [0.15, 0.2) is 73.9 Å². The maximum Gasteiger partial charge on any atom is 0.0102 e. The fraction of sp³-hybridized carbons (Fsp3) is 0.263. The van der Waals surface area contributed by atoms with Gasteiger partial charge in [0.25, 0.3) is 0 Å². The maximum absolute atomic E-state index is 4.03. The summed E-state index contributed by atoms with van der Waals surface area (Å²) in [6.45, 7) is 10.1. The van der Waals surface area contributed by atoms with Gasteiger partial charge in [-0.3, -0.25) is 0 Å². The van der Waals surface area contributed by atoms with E-state index in [9.17, 15) is 0 Å². The first kappa shape index (κ1) is 13.6. The molecule has 0 bridgehead atoms. The van der Waals surface area contributed by atoms with Gasteiger partial charge in [-0.1, -0.05) is 67.6 Å². The third-order valence-corrected chi connectivity index (χ3v) is 3.91. The van der Waals surface area contributed by atoms with Gasteiger partial charge in [-0.05, 0) is 29.9 Å². The van der Waals surface area contributed by atoms with Gasteiger partial charge in [-0.2, -0.15) is 0 Å². The average molecular weight is 250 g/mol. The lowest BCUT2D eigenvalue weighted by atomic mass is 9.73. The van der Waals surface area contributed by atoms with E-state index in [1.807, 2.05) is 6.08 Å². The molecule has 0 amide bonds. The van der Waals surface area contributed by atoms with Crippen LogP contribution in [0.4, 0.5) is 0 Å². The van der Waals surface area contributed by atoms with Crippen LogP contribution in [0.2, 0.25) is 0 Å². The Morgan fingerprint density at radius 3 is 2.53 bits per heavy atom. The molecule has 0 N–H and O–H groups in total. The van der Waals surface area contributed by atoms with Gasteiger partial charge in [0, 0.05) is 5.41 Å². The molecule has 0 aliphatic heterocycles. The normalized spacial score (nSPS) is 23.5. The third kappa shape index (κ3) is 3.14. The lowest BCUT2D eigenvalue weighted by Crippen LogP contribution is -2.19. The van der Waals surface area contributed by atoms with Gasteiger partial charge >= 0.3 is 0 Å². The van der Waals surface area contributed by atoms with E-state index in [2.05, 4.69) is 74.7 Å². The van der Waals surface area contributed by atoms with Crippen molar-refractivity contribution in [3.8, 4) is 0 Å². The molecule has 0 heterocycles. The van der Waals surface area contributed by atoms with Crippen molar-refractivity contribution >= 4 is 5.57 Å². The van der Waals surface area contributed by atoms with E-state index in [0.717, 1.165) is 12.8 Å². The Labute approximate surface area is 116 Å². The van der Waals surface area contributed by atoms with Crippen molar-refractivity contribution in [2.75, 3.05) is 0 Å². The summed E-state index contributed by atoms with van der Waals surface area (Å²) in [6, 6.07) is 10.5. The quantitative estimate of drug-likeness (QED) is 0.612. The second-order valence-corrected chi connectivity index (χ2v) is 5.42. The highest BCUT2D eigenvalue weighted by Gasteiger charge is 2.26. The van der Waals surface area contributed by atoms with Crippen LogP contribution in [0.5, 0.6) is 0 Å². The van der Waals surface area contributed by atoms with Gasteiger partial charge in [0.2, 0.25) is 0 Å². The largest absolute Gasteiger partial charge is 0.103 e. The van der Waals surface area contributed by atoms with Crippen LogP contribution in [0.3, 0.4) is 0 Å². The van der Waals surface area contributed by atoms with Crippen LogP contribution in [0, 0.1) is 11.3 Å². The van der Waals surface area contributed by atoms with Crippen molar-refractivity contribution in [2.24, 2.45) is 11.3 Å². The first-order chi connectivity index (χ1) is 9.19. The Kier molecular flexibility index (Phi) is 4.21. The molecular weight excluding hydrogens is 228 g/mol. The van der Waals surface area contributed by atoms with Gasteiger partial charge in [-0.25, -0.2) is 0 Å². The van der Waals surface area contributed by atoms with Crippen molar-refractivity contribution in [1.82, 2.24) is 0 Å². The Bertz CT molecular complexity index is 504. The summed E-state index contributed by atoms with van der Waals surface area (Å²) in [5, 5.41) is 0. The molecule has 2 atom stereocenters. The highest BCUT2D eigenvalue weighted by molar-refractivity contribution is 5.75. The summed E-state index contributed by atoms with van der Waals surface area (Å²) in [5.74, 6) is 0.509. The predicted molar refractivity (Wildman–Crippen MR) is 84.8 cm³/mol. The maximum atomic E-state index is 4.03. The zero-order valence-corrected chi connectivity index (χ0v) is 11.7. The number of allylic oxidation sites excluding steroid dienone is 6. The number of rotatable bonds is 5. The second kappa shape index (κ2) is 5.88. The van der Waals surface area contributed by atoms with Crippen molar-refractivity contribution in [1.29, 1.82) is 0 Å². The van der Waals surface area contributed by atoms with Crippen LogP contribution >= 0.6 is 0 Å². The predicted octanol–water partition coefficient (Wildman–Crippen LogP) is 5.41. The summed E-state index contributed by atoms with van der Waals surface area (Å²) in [6.07, 6.45) is 13.1. The van der Waals surface area contributed by atoms with E-state index in [0.29, 0.717) is 5.92 Å². The zero-order valence-electron chi connectivity index (χ0n) is 11.7. The van der Waals surface area contributed by atoms with E-state index >= 15 is 0 Å². The minimum absolute atomic E-state index is 0.0892. The molecule has 0 spiro atoms. The monoisotopic (exact) mass is 250 g/mol. The highest BCUT2D eigenvalue weighted by atomic mass is 14.3. The molecule has 0 saturated carbocycles. The van der Waals surface area contributed by atoms with Gasteiger partial charge in [0.05, 0.1) is 0 Å². The van der Waals surface area contributed by atoms with Crippen LogP contribution < -0.4 is 0 Å². The van der Waals surface area contributed by atoms with E-state index in [-0.39, 0.29) is 5.41 Å². The van der Waals surface area contributed by atoms with Crippen LogP contribution in [-0.2, 0) is 0 Å². The van der Waals surface area contributed by atoms with E-state index in [1.165, 1.54) is 11.1 Å². The molecule has 0 aromatic heterocycles. The molecule has 0 radical (unpaired) electrons. The summed E-state index contributed by atoms with van der Waals surface area (Å²) >= 11 is 0. The van der Waals surface area contributed by atoms with Crippen LogP contribution in [0.25, 0.3) is 5.57 Å². The molecule has 0 fully saturated rings. The molecule has 1 aromatic carbocycles. The molecule has 1 aliphatic carbocycles. The van der Waals surface area contributed by atoms with Crippen molar-refractivity contribution in [2.45, 2.75) is 19.8 Å². The lowest BCUT2D eigenvalue weighted by Gasteiger charge is -2.31. The summed E-state index contributed by atoms with van der Waals surface area (Å²) in [7, 11) is 0. The molecule has 2 rings (SSSR count). The molecule has 98 valence electrons. The first-order valence-corrected chi connectivity index (χ1v) is 6.90. The van der Waals surface area contributed by atoms with E-state index < -0.39 is 0 Å². The highest BCUT2D eigenvalue weighted by Crippen LogP contribution is 2.39. The lowest BCUT2D eigenvalue weighted by molar-refractivity contribution is 0.402. The van der Waals surface area contributed by atoms with Crippen LogP contribution in [0.1, 0.15) is 25.3 Å². The SMILES string of the molecule is C=CC(C)CC1(C=C)C=CC(c2ccccc2)=CC1. The molecule has 2 unspecified atom stereocenters. The molecule has 1 aromatic rings. The number of hydrogen-bond donors (Lipinski definition) is 0. The molecule has 1 aliphatic rings. The standard InChI is InChI=1S/C19H22/c1-4-16(3)15-19(5-2)13-11-18(12-14-19)17-9-7-6-8-10-17/h4-13,16H,1-2,14-15H2,3H3. The van der Waals surface area contributed by atoms with Gasteiger partial charge in [0.15, 0.2) is 0 Å². The van der Waals surface area contributed by atoms with Crippen molar-refractivity contribution in [3.05, 3.63) is 79.4 Å². The molecule has 0 heteroatoms. The summed E-state index contributed by atoms with van der Waals surface area (Å²) < 4.78 is 0. The summed E-state index contributed by atoms with van der Waals surface area (Å²) in [4.78, 5) is 0. The third-order valence-electron chi connectivity index (χ3n) is 3.91. The fourth-order valence-corrected chi connectivity index (χ4v) is 2.61. The topological polar surface area (TPSA) is 0 Å². The van der Waals surface area contributed by atoms with Gasteiger partial charge in [-0.15, -0.1) is 13.2 Å². The molecular formula is C19H22. The molecule has 19 heavy (non-hydrogen) atoms. The van der Waals surface area contributed by atoms with E-state index in [1.54, 1.807) is 0 Å². The number of benzene rings is 1. The van der Waals surface area contributed by atoms with E-state index in [4.69, 9.17) is 0 Å². The smallest absolute Gasteiger partial charge is 0.0102 e. The minimum Gasteiger partial charge on any atom is -0.103 e. The minimum atomic E-state index is 0.0892. The van der Waals surface area contributed by atoms with Gasteiger partial charge in [0.1, 0.15) is 0 Å². The zero-order chi connectivity index (χ0) is 13.7. The van der Waals surface area contributed by atoms with Crippen molar-refractivity contribution < 1.29 is 0 Å². The molecule has 0 saturated heterocycles. The number of hydrogen-bond acceptors (Lipinski definition) is 0. The van der Waals surface area contributed by atoms with Crippen LogP contribution in [-0.4, -0.2) is 0 Å². The van der Waals surface area contributed by atoms with Crippen molar-refractivity contribution in [3.63, 3.8) is 0 Å². The van der Waals surface area contributed by atoms with Gasteiger partial charge < -0.3 is 0 Å². The first-order valence-electron chi connectivity index (χ1n) is 6.90. The fourth-order valence-electron chi connectivity index (χ4n) is 2.61. The second-order valence-electron chi connectivity index (χ2n) is 5.42.